The predicted octanol–water partition coefficient (Wildman–Crippen LogP) is 7.09. The van der Waals surface area contributed by atoms with Crippen molar-refractivity contribution in [3.05, 3.63) is 12.2 Å². The quantitative estimate of drug-likeness (QED) is 0.0865. The summed E-state index contributed by atoms with van der Waals surface area (Å²) >= 11 is 0. The van der Waals surface area contributed by atoms with Crippen LogP contribution in [-0.2, 0) is 27.9 Å². The zero-order valence-corrected chi connectivity index (χ0v) is 27.5. The molecule has 0 aliphatic heterocycles. The number of rotatable bonds is 16. The highest BCUT2D eigenvalue weighted by Gasteiger charge is 2.47. The Morgan fingerprint density at radius 3 is 2.19 bits per heavy atom. The molecule has 1 fully saturated rings. The molecule has 0 N–H and O–H groups in total. The molecule has 0 aromatic heterocycles. The highest BCUT2D eigenvalue weighted by molar-refractivity contribution is 7.85. The first-order valence-corrected chi connectivity index (χ1v) is 21.7. The van der Waals surface area contributed by atoms with Crippen molar-refractivity contribution >= 4 is 32.5 Å². The normalized spacial score (nSPS) is 23.1. The average molecular weight is 563 g/mol. The fraction of sp³-hybridized carbons (Fsp3) is 0.889. The van der Waals surface area contributed by atoms with Crippen molar-refractivity contribution in [2.45, 2.75) is 129 Å². The van der Waals surface area contributed by atoms with E-state index in [0.717, 1.165) is 44.4 Å². The highest BCUT2D eigenvalue weighted by atomic mass is 32.2. The maximum absolute atomic E-state index is 13.1. The van der Waals surface area contributed by atoms with Crippen LogP contribution in [0.5, 0.6) is 0 Å². The minimum atomic E-state index is -3.64. The lowest BCUT2D eigenvalue weighted by atomic mass is 9.94. The summed E-state index contributed by atoms with van der Waals surface area (Å²) in [7, 11) is -7.60. The molecule has 0 spiro atoms. The molecule has 0 aromatic carbocycles. The van der Waals surface area contributed by atoms with Gasteiger partial charge in [0.1, 0.15) is 5.78 Å². The Balaban J connectivity index is 3.24. The molecule has 1 aliphatic rings. The Morgan fingerprint density at radius 2 is 1.67 bits per heavy atom. The number of hydrogen-bond acceptors (Lipinski definition) is 6. The Labute approximate surface area is 224 Å². The Hall–Kier alpha value is -0.326. The number of Topliss-reactive ketones (excluding diaryl/α,β-unsaturated/α-hetero) is 1. The van der Waals surface area contributed by atoms with Gasteiger partial charge in [-0.2, -0.15) is 8.42 Å². The molecule has 3 unspecified atom stereocenters. The summed E-state index contributed by atoms with van der Waals surface area (Å²) in [5.74, 6) is -0.753. The minimum absolute atomic E-state index is 0.00391. The summed E-state index contributed by atoms with van der Waals surface area (Å²) in [5.41, 5.74) is 0. The van der Waals surface area contributed by atoms with Gasteiger partial charge >= 0.3 is 0 Å². The van der Waals surface area contributed by atoms with Gasteiger partial charge in [0.15, 0.2) is 16.6 Å². The van der Waals surface area contributed by atoms with E-state index in [-0.39, 0.29) is 42.0 Å². The molecule has 36 heavy (non-hydrogen) atoms. The van der Waals surface area contributed by atoms with Crippen LogP contribution in [0.4, 0.5) is 0 Å². The van der Waals surface area contributed by atoms with Gasteiger partial charge in [-0.15, -0.1) is 0 Å². The van der Waals surface area contributed by atoms with Crippen molar-refractivity contribution in [1.82, 2.24) is 0 Å². The van der Waals surface area contributed by atoms with Crippen molar-refractivity contribution in [3.8, 4) is 0 Å². The molecule has 0 saturated heterocycles. The van der Waals surface area contributed by atoms with Gasteiger partial charge in [-0.3, -0.25) is 8.98 Å². The molecule has 0 aromatic rings. The van der Waals surface area contributed by atoms with Crippen LogP contribution in [0.2, 0.25) is 37.3 Å². The van der Waals surface area contributed by atoms with E-state index < -0.39 is 32.7 Å². The van der Waals surface area contributed by atoms with Crippen LogP contribution in [0.1, 0.15) is 79.6 Å². The maximum Gasteiger partial charge on any atom is 0.264 e. The fourth-order valence-electron chi connectivity index (χ4n) is 4.41. The Kier molecular flexibility index (Phi) is 13.3. The maximum atomic E-state index is 13.1. The number of ketones is 1. The topological polar surface area (TPSA) is 78.9 Å². The van der Waals surface area contributed by atoms with Crippen LogP contribution in [-0.4, -0.2) is 55.9 Å². The summed E-state index contributed by atoms with van der Waals surface area (Å²) in [5, 5.41) is 0.00631. The number of hydrogen-bond donors (Lipinski definition) is 0. The molecule has 0 bridgehead atoms. The van der Waals surface area contributed by atoms with Gasteiger partial charge in [0.2, 0.25) is 0 Å². The van der Waals surface area contributed by atoms with Gasteiger partial charge in [-0.25, -0.2) is 0 Å². The van der Waals surface area contributed by atoms with E-state index in [1.165, 1.54) is 6.42 Å². The molecular formula is C27H54O6SSi2. The number of unbranched alkanes of at least 4 members (excludes halogenated alkanes) is 3. The molecule has 1 rings (SSSR count). The van der Waals surface area contributed by atoms with Gasteiger partial charge < -0.3 is 8.85 Å². The van der Waals surface area contributed by atoms with Crippen molar-refractivity contribution in [3.63, 3.8) is 0 Å². The van der Waals surface area contributed by atoms with Crippen LogP contribution < -0.4 is 0 Å². The lowest BCUT2D eigenvalue weighted by Crippen LogP contribution is -2.45. The van der Waals surface area contributed by atoms with Gasteiger partial charge in [-0.1, -0.05) is 78.9 Å². The van der Waals surface area contributed by atoms with Crippen LogP contribution >= 0.6 is 0 Å². The van der Waals surface area contributed by atoms with Crippen molar-refractivity contribution in [1.29, 1.82) is 0 Å². The highest BCUT2D eigenvalue weighted by Crippen LogP contribution is 2.42. The van der Waals surface area contributed by atoms with E-state index in [2.05, 4.69) is 73.0 Å². The molecule has 0 heterocycles. The second-order valence-corrected chi connectivity index (χ2v) is 23.3. The molecule has 1 aliphatic carbocycles. The van der Waals surface area contributed by atoms with E-state index >= 15 is 0 Å². The summed E-state index contributed by atoms with van der Waals surface area (Å²) in [6, 6.07) is 1.13. The standard InChI is InChI=1S/C27H54O6SSi2/c1-11-13-15-16-22(32-35(7,8)19-14-12-2)17-18-23-24(21-31-34(6,29)30)25(28)20-26(23)33-36(9,10)27(3,4)5/h17-18,22-24,26H,11-16,19-21H2,1-10H3/t22-,23?,24?,26?/m1/s1. The first-order chi connectivity index (χ1) is 16.4. The smallest absolute Gasteiger partial charge is 0.264 e. The zero-order chi connectivity index (χ0) is 27.8. The molecule has 0 amide bonds. The van der Waals surface area contributed by atoms with Crippen molar-refractivity contribution in [2.75, 3.05) is 12.9 Å². The average Bonchev–Trinajstić information content (AvgIpc) is 3.00. The van der Waals surface area contributed by atoms with E-state index in [4.69, 9.17) is 13.0 Å². The van der Waals surface area contributed by atoms with Crippen LogP contribution in [0.15, 0.2) is 12.2 Å². The fourth-order valence-corrected chi connectivity index (χ4v) is 8.49. The third-order valence-corrected chi connectivity index (χ3v) is 15.2. The molecule has 212 valence electrons. The SMILES string of the molecule is CCCCC[C@H](C=CC1C(O[Si](C)(C)C(C)(C)C)CC(=O)C1COS(C)(=O)=O)O[Si](C)(C)CCCC. The van der Waals surface area contributed by atoms with Gasteiger partial charge in [0.05, 0.1) is 31.0 Å². The first kappa shape index (κ1) is 33.7. The summed E-state index contributed by atoms with van der Waals surface area (Å²) in [4.78, 5) is 13.1. The van der Waals surface area contributed by atoms with Crippen LogP contribution in [0, 0.1) is 11.8 Å². The largest absolute Gasteiger partial charge is 0.413 e. The lowest BCUT2D eigenvalue weighted by Gasteiger charge is -2.39. The first-order valence-electron chi connectivity index (χ1n) is 13.8. The summed E-state index contributed by atoms with van der Waals surface area (Å²) < 4.78 is 42.0. The second kappa shape index (κ2) is 14.2. The van der Waals surface area contributed by atoms with E-state index in [0.29, 0.717) is 0 Å². The summed E-state index contributed by atoms with van der Waals surface area (Å²) in [6.45, 7) is 19.8. The van der Waals surface area contributed by atoms with Gasteiger partial charge in [0, 0.05) is 12.3 Å². The van der Waals surface area contributed by atoms with Crippen LogP contribution in [0.3, 0.4) is 0 Å². The lowest BCUT2D eigenvalue weighted by molar-refractivity contribution is -0.121. The monoisotopic (exact) mass is 562 g/mol. The Morgan fingerprint density at radius 1 is 1.06 bits per heavy atom. The van der Waals surface area contributed by atoms with Gasteiger partial charge in [0.25, 0.3) is 10.1 Å². The second-order valence-electron chi connectivity index (χ2n) is 12.7. The summed E-state index contributed by atoms with van der Waals surface area (Å²) in [6.07, 6.45) is 12.0. The number of carbonyl (C=O) groups is 1. The van der Waals surface area contributed by atoms with E-state index in [1.54, 1.807) is 0 Å². The third-order valence-electron chi connectivity index (χ3n) is 7.67. The van der Waals surface area contributed by atoms with E-state index in [9.17, 15) is 13.2 Å². The Bertz CT molecular complexity index is 817. The number of carbonyl (C=O) groups excluding carboxylic acids is 1. The van der Waals surface area contributed by atoms with Crippen molar-refractivity contribution in [2.24, 2.45) is 11.8 Å². The predicted molar refractivity (Wildman–Crippen MR) is 155 cm³/mol. The molecule has 0 radical (unpaired) electrons. The molecule has 6 nitrogen and oxygen atoms in total. The van der Waals surface area contributed by atoms with Crippen LogP contribution in [0.25, 0.3) is 0 Å². The third kappa shape index (κ3) is 11.6. The molecule has 9 heteroatoms. The van der Waals surface area contributed by atoms with E-state index in [1.807, 2.05) is 0 Å². The molecular weight excluding hydrogens is 509 g/mol. The molecule has 1 saturated carbocycles. The van der Waals surface area contributed by atoms with Gasteiger partial charge in [-0.05, 0) is 43.7 Å². The molecule has 4 atom stereocenters. The minimum Gasteiger partial charge on any atom is -0.413 e. The zero-order valence-electron chi connectivity index (χ0n) is 24.7. The van der Waals surface area contributed by atoms with Crippen molar-refractivity contribution < 1.29 is 26.2 Å².